The predicted molar refractivity (Wildman–Crippen MR) is 53.7 cm³/mol. The number of nitrogens with zero attached hydrogens (tertiary/aromatic N) is 2. The summed E-state index contributed by atoms with van der Waals surface area (Å²) in [6, 6.07) is 5.54. The molecular formula is C9H8N2O4. The van der Waals surface area contributed by atoms with Crippen molar-refractivity contribution in [3.63, 3.8) is 0 Å². The lowest BCUT2D eigenvalue weighted by Gasteiger charge is -1.93. The van der Waals surface area contributed by atoms with Crippen LogP contribution >= 0.6 is 0 Å². The van der Waals surface area contributed by atoms with Gasteiger partial charge in [0.15, 0.2) is 0 Å². The molecule has 0 bridgehead atoms. The summed E-state index contributed by atoms with van der Waals surface area (Å²) in [6.45, 7) is 1.36. The van der Waals surface area contributed by atoms with Crippen LogP contribution in [-0.4, -0.2) is 9.85 Å². The minimum Gasteiger partial charge on any atom is -0.259 e. The third-order valence-electron chi connectivity index (χ3n) is 1.77. The molecule has 0 N–H and O–H groups in total. The topological polar surface area (TPSA) is 86.3 Å². The van der Waals surface area contributed by atoms with Crippen LogP contribution in [0.15, 0.2) is 30.0 Å². The van der Waals surface area contributed by atoms with Gasteiger partial charge in [0, 0.05) is 25.1 Å². The summed E-state index contributed by atoms with van der Waals surface area (Å²) in [7, 11) is 0. The molecule has 78 valence electrons. The fourth-order valence-electron chi connectivity index (χ4n) is 0.986. The highest BCUT2D eigenvalue weighted by atomic mass is 16.6. The molecule has 0 atom stereocenters. The normalized spacial score (nSPS) is 11.1. The molecule has 0 spiro atoms. The maximum atomic E-state index is 10.3. The Morgan fingerprint density at radius 2 is 1.73 bits per heavy atom. The van der Waals surface area contributed by atoms with Crippen molar-refractivity contribution in [1.29, 1.82) is 0 Å². The zero-order valence-corrected chi connectivity index (χ0v) is 7.91. The first-order valence-corrected chi connectivity index (χ1v) is 4.08. The van der Waals surface area contributed by atoms with Gasteiger partial charge in [-0.2, -0.15) is 0 Å². The van der Waals surface area contributed by atoms with E-state index in [1.807, 2.05) is 0 Å². The second kappa shape index (κ2) is 4.32. The van der Waals surface area contributed by atoms with Crippen LogP contribution in [0.25, 0.3) is 6.08 Å². The molecule has 0 amide bonds. The summed E-state index contributed by atoms with van der Waals surface area (Å²) in [6.07, 6.45) is 1.35. The van der Waals surface area contributed by atoms with Gasteiger partial charge in [0.1, 0.15) is 0 Å². The zero-order valence-electron chi connectivity index (χ0n) is 7.91. The molecule has 0 heterocycles. The lowest BCUT2D eigenvalue weighted by atomic mass is 10.2. The summed E-state index contributed by atoms with van der Waals surface area (Å²) < 4.78 is 0. The molecule has 0 aromatic heterocycles. The van der Waals surface area contributed by atoms with Crippen LogP contribution in [0.3, 0.4) is 0 Å². The van der Waals surface area contributed by atoms with Crippen molar-refractivity contribution >= 4 is 11.8 Å². The number of benzene rings is 1. The number of allylic oxidation sites excluding steroid dienone is 1. The van der Waals surface area contributed by atoms with E-state index < -0.39 is 9.85 Å². The number of hydrogen-bond donors (Lipinski definition) is 0. The average molecular weight is 208 g/mol. The lowest BCUT2D eigenvalue weighted by Crippen LogP contribution is -1.93. The van der Waals surface area contributed by atoms with E-state index in [0.29, 0.717) is 5.56 Å². The van der Waals surface area contributed by atoms with Crippen LogP contribution < -0.4 is 0 Å². The first-order valence-electron chi connectivity index (χ1n) is 4.08. The summed E-state index contributed by atoms with van der Waals surface area (Å²) in [5.74, 6) is 0. The number of nitro groups is 2. The average Bonchev–Trinajstić information content (AvgIpc) is 2.18. The van der Waals surface area contributed by atoms with Crippen LogP contribution in [-0.2, 0) is 0 Å². The second-order valence-corrected chi connectivity index (χ2v) is 2.89. The van der Waals surface area contributed by atoms with E-state index in [1.165, 1.54) is 37.3 Å². The smallest absolute Gasteiger partial charge is 0.259 e. The van der Waals surface area contributed by atoms with Crippen LogP contribution in [0, 0.1) is 20.2 Å². The second-order valence-electron chi connectivity index (χ2n) is 2.89. The fourth-order valence-corrected chi connectivity index (χ4v) is 0.986. The van der Waals surface area contributed by atoms with Gasteiger partial charge in [0.25, 0.3) is 5.69 Å². The molecule has 0 unspecified atom stereocenters. The van der Waals surface area contributed by atoms with Crippen LogP contribution in [0.4, 0.5) is 5.69 Å². The van der Waals surface area contributed by atoms with Gasteiger partial charge >= 0.3 is 0 Å². The Hall–Kier alpha value is -2.24. The molecule has 0 aliphatic heterocycles. The van der Waals surface area contributed by atoms with Gasteiger partial charge in [-0.15, -0.1) is 0 Å². The molecule has 0 aliphatic rings. The highest BCUT2D eigenvalue weighted by Gasteiger charge is 2.05. The molecule has 0 aliphatic carbocycles. The Morgan fingerprint density at radius 3 is 2.13 bits per heavy atom. The standard InChI is InChI=1S/C9H8N2O4/c1-7(10(12)13)6-8-2-4-9(5-3-8)11(14)15/h2-6H,1H3. The Balaban J connectivity index is 2.95. The Labute approximate surface area is 85.1 Å². The first kappa shape index (κ1) is 10.8. The van der Waals surface area contributed by atoms with Crippen molar-refractivity contribution in [3.8, 4) is 0 Å². The summed E-state index contributed by atoms with van der Waals surface area (Å²) in [4.78, 5) is 19.6. The Kier molecular flexibility index (Phi) is 3.12. The van der Waals surface area contributed by atoms with E-state index in [-0.39, 0.29) is 11.4 Å². The van der Waals surface area contributed by atoms with E-state index in [9.17, 15) is 20.2 Å². The molecule has 1 aromatic carbocycles. The lowest BCUT2D eigenvalue weighted by molar-refractivity contribution is -0.422. The summed E-state index contributed by atoms with van der Waals surface area (Å²) in [5.41, 5.74) is 0.518. The Bertz CT molecular complexity index is 422. The van der Waals surface area contributed by atoms with E-state index in [1.54, 1.807) is 0 Å². The van der Waals surface area contributed by atoms with Crippen LogP contribution in [0.5, 0.6) is 0 Å². The van der Waals surface area contributed by atoms with Crippen molar-refractivity contribution in [3.05, 3.63) is 55.8 Å². The number of non-ortho nitro benzene ring substituents is 1. The van der Waals surface area contributed by atoms with Gasteiger partial charge in [-0.3, -0.25) is 20.2 Å². The largest absolute Gasteiger partial charge is 0.269 e. The summed E-state index contributed by atoms with van der Waals surface area (Å²) in [5, 5.41) is 20.6. The third-order valence-corrected chi connectivity index (χ3v) is 1.77. The highest BCUT2D eigenvalue weighted by Crippen LogP contribution is 2.14. The Morgan fingerprint density at radius 1 is 1.20 bits per heavy atom. The van der Waals surface area contributed by atoms with E-state index >= 15 is 0 Å². The number of rotatable bonds is 3. The first-order chi connectivity index (χ1) is 7.00. The molecule has 15 heavy (non-hydrogen) atoms. The minimum atomic E-state index is -0.520. The predicted octanol–water partition coefficient (Wildman–Crippen LogP) is 2.23. The molecule has 0 fully saturated rings. The number of nitro benzene ring substituents is 1. The van der Waals surface area contributed by atoms with E-state index in [2.05, 4.69) is 0 Å². The van der Waals surface area contributed by atoms with Crippen LogP contribution in [0.1, 0.15) is 12.5 Å². The maximum Gasteiger partial charge on any atom is 0.269 e. The minimum absolute atomic E-state index is 0.0103. The van der Waals surface area contributed by atoms with Gasteiger partial charge in [0.05, 0.1) is 9.85 Å². The molecule has 1 aromatic rings. The highest BCUT2D eigenvalue weighted by molar-refractivity contribution is 5.52. The van der Waals surface area contributed by atoms with E-state index in [0.717, 1.165) is 0 Å². The number of hydrogen-bond acceptors (Lipinski definition) is 4. The van der Waals surface area contributed by atoms with Gasteiger partial charge in [0.2, 0.25) is 5.70 Å². The monoisotopic (exact) mass is 208 g/mol. The molecule has 6 nitrogen and oxygen atoms in total. The summed E-state index contributed by atoms with van der Waals surface area (Å²) >= 11 is 0. The van der Waals surface area contributed by atoms with Crippen molar-refractivity contribution in [2.45, 2.75) is 6.92 Å². The van der Waals surface area contributed by atoms with Gasteiger partial charge in [-0.05, 0) is 17.7 Å². The zero-order chi connectivity index (χ0) is 11.4. The molecule has 1 rings (SSSR count). The van der Waals surface area contributed by atoms with Crippen LogP contribution in [0.2, 0.25) is 0 Å². The molecule has 6 heteroatoms. The quantitative estimate of drug-likeness (QED) is 0.562. The van der Waals surface area contributed by atoms with Crippen molar-refractivity contribution in [1.82, 2.24) is 0 Å². The van der Waals surface area contributed by atoms with E-state index in [4.69, 9.17) is 0 Å². The van der Waals surface area contributed by atoms with Crippen molar-refractivity contribution in [2.24, 2.45) is 0 Å². The third kappa shape index (κ3) is 2.87. The molecule has 0 radical (unpaired) electrons. The van der Waals surface area contributed by atoms with Gasteiger partial charge in [-0.25, -0.2) is 0 Å². The van der Waals surface area contributed by atoms with Crippen molar-refractivity contribution in [2.75, 3.05) is 0 Å². The fraction of sp³-hybridized carbons (Fsp3) is 0.111. The molecule has 0 saturated carbocycles. The van der Waals surface area contributed by atoms with Gasteiger partial charge in [-0.1, -0.05) is 0 Å². The maximum absolute atomic E-state index is 10.3. The molecule has 0 saturated heterocycles. The van der Waals surface area contributed by atoms with Gasteiger partial charge < -0.3 is 0 Å². The SMILES string of the molecule is CC(=Cc1ccc([N+](=O)[O-])cc1)[N+](=O)[O-]. The molecular weight excluding hydrogens is 200 g/mol. The van der Waals surface area contributed by atoms with Crippen molar-refractivity contribution < 1.29 is 9.85 Å².